The zero-order chi connectivity index (χ0) is 15.5. The molecule has 0 atom stereocenters. The van der Waals surface area contributed by atoms with E-state index in [0.29, 0.717) is 12.0 Å². The fourth-order valence-electron chi connectivity index (χ4n) is 2.57. The van der Waals surface area contributed by atoms with Crippen LogP contribution in [0.1, 0.15) is 21.5 Å². The van der Waals surface area contributed by atoms with Crippen LogP contribution in [0.5, 0.6) is 0 Å². The van der Waals surface area contributed by atoms with Gasteiger partial charge in [0.1, 0.15) is 5.82 Å². The molecule has 0 bridgehead atoms. The number of hydrogen-bond acceptors (Lipinski definition) is 2. The molecule has 2 N–H and O–H groups in total. The number of ketones is 1. The zero-order valence-electron chi connectivity index (χ0n) is 12.0. The van der Waals surface area contributed by atoms with E-state index in [1.165, 1.54) is 12.1 Å². The Morgan fingerprint density at radius 3 is 2.55 bits per heavy atom. The molecular weight excluding hydrogens is 281 g/mol. The van der Waals surface area contributed by atoms with Gasteiger partial charge in [-0.15, -0.1) is 0 Å². The van der Waals surface area contributed by atoms with Crippen LogP contribution in [-0.4, -0.2) is 22.5 Å². The SMILES string of the molecule is O=C(Cc1ccc(F)cc1)c1c[nH]c2ccc(CCO)cc12. The van der Waals surface area contributed by atoms with E-state index in [0.717, 1.165) is 22.0 Å². The van der Waals surface area contributed by atoms with Crippen LogP contribution in [0.25, 0.3) is 10.9 Å². The Morgan fingerprint density at radius 2 is 1.82 bits per heavy atom. The van der Waals surface area contributed by atoms with Gasteiger partial charge in [0.25, 0.3) is 0 Å². The molecule has 4 heteroatoms. The summed E-state index contributed by atoms with van der Waals surface area (Å²) in [5.74, 6) is -0.323. The molecular formula is C18H16FNO2. The Kier molecular flexibility index (Phi) is 4.02. The number of halogens is 1. The van der Waals surface area contributed by atoms with Crippen LogP contribution in [0.4, 0.5) is 4.39 Å². The van der Waals surface area contributed by atoms with Crippen molar-refractivity contribution in [3.05, 3.63) is 71.2 Å². The normalized spacial score (nSPS) is 11.0. The van der Waals surface area contributed by atoms with Gasteiger partial charge in [-0.25, -0.2) is 4.39 Å². The minimum absolute atomic E-state index is 0.0148. The van der Waals surface area contributed by atoms with Crippen LogP contribution in [0.3, 0.4) is 0 Å². The van der Waals surface area contributed by atoms with Crippen molar-refractivity contribution in [2.45, 2.75) is 12.8 Å². The van der Waals surface area contributed by atoms with Crippen LogP contribution in [0.15, 0.2) is 48.7 Å². The van der Waals surface area contributed by atoms with Crippen LogP contribution >= 0.6 is 0 Å². The molecule has 0 aliphatic carbocycles. The molecule has 0 amide bonds. The molecule has 0 aliphatic heterocycles. The standard InChI is InChI=1S/C18H16FNO2/c19-14-4-1-12(2-5-14)10-18(22)16-11-20-17-6-3-13(7-8-21)9-15(16)17/h1-6,9,11,20-21H,7-8,10H2. The summed E-state index contributed by atoms with van der Waals surface area (Å²) in [6.45, 7) is 0.0782. The number of carbonyl (C=O) groups excluding carboxylic acids is 1. The second-order valence-corrected chi connectivity index (χ2v) is 5.28. The molecule has 3 rings (SSSR count). The van der Waals surface area contributed by atoms with Crippen molar-refractivity contribution in [2.24, 2.45) is 0 Å². The number of aliphatic hydroxyl groups excluding tert-OH is 1. The lowest BCUT2D eigenvalue weighted by Crippen LogP contribution is -2.03. The summed E-state index contributed by atoms with van der Waals surface area (Å²) in [5, 5.41) is 9.89. The summed E-state index contributed by atoms with van der Waals surface area (Å²) in [5.41, 5.74) is 3.29. The first-order chi connectivity index (χ1) is 10.7. The predicted molar refractivity (Wildman–Crippen MR) is 83.5 cm³/mol. The number of rotatable bonds is 5. The lowest BCUT2D eigenvalue weighted by atomic mass is 10.0. The van der Waals surface area contributed by atoms with Crippen molar-refractivity contribution in [1.29, 1.82) is 0 Å². The number of carbonyl (C=O) groups is 1. The summed E-state index contributed by atoms with van der Waals surface area (Å²) in [7, 11) is 0. The Bertz CT molecular complexity index is 806. The first-order valence-electron chi connectivity index (χ1n) is 7.16. The molecule has 0 radical (unpaired) electrons. The Labute approximate surface area is 127 Å². The molecule has 0 spiro atoms. The van der Waals surface area contributed by atoms with E-state index < -0.39 is 0 Å². The molecule has 3 nitrogen and oxygen atoms in total. The maximum absolute atomic E-state index is 12.9. The average molecular weight is 297 g/mol. The van der Waals surface area contributed by atoms with Gasteiger partial charge >= 0.3 is 0 Å². The minimum atomic E-state index is -0.308. The maximum atomic E-state index is 12.9. The number of benzene rings is 2. The van der Waals surface area contributed by atoms with Crippen LogP contribution < -0.4 is 0 Å². The van der Waals surface area contributed by atoms with Crippen molar-refractivity contribution < 1.29 is 14.3 Å². The molecule has 0 unspecified atom stereocenters. The summed E-state index contributed by atoms with van der Waals surface area (Å²) in [4.78, 5) is 15.6. The van der Waals surface area contributed by atoms with E-state index in [-0.39, 0.29) is 24.6 Å². The quantitative estimate of drug-likeness (QED) is 0.710. The number of nitrogens with one attached hydrogen (secondary N) is 1. The van der Waals surface area contributed by atoms with Crippen molar-refractivity contribution in [2.75, 3.05) is 6.61 Å². The first-order valence-corrected chi connectivity index (χ1v) is 7.16. The molecule has 1 heterocycles. The molecule has 22 heavy (non-hydrogen) atoms. The third-order valence-corrected chi connectivity index (χ3v) is 3.72. The molecule has 0 saturated carbocycles. The number of aliphatic hydroxyl groups is 1. The number of hydrogen-bond donors (Lipinski definition) is 2. The van der Waals surface area contributed by atoms with Crippen LogP contribution in [-0.2, 0) is 12.8 Å². The molecule has 2 aromatic carbocycles. The number of aromatic nitrogens is 1. The van der Waals surface area contributed by atoms with E-state index in [2.05, 4.69) is 4.98 Å². The minimum Gasteiger partial charge on any atom is -0.396 e. The molecule has 1 aromatic heterocycles. The largest absolute Gasteiger partial charge is 0.396 e. The lowest BCUT2D eigenvalue weighted by Gasteiger charge is -2.02. The second-order valence-electron chi connectivity index (χ2n) is 5.28. The zero-order valence-corrected chi connectivity index (χ0v) is 12.0. The smallest absolute Gasteiger partial charge is 0.169 e. The summed E-state index contributed by atoms with van der Waals surface area (Å²) in [6, 6.07) is 11.7. The van der Waals surface area contributed by atoms with Gasteiger partial charge in [-0.3, -0.25) is 4.79 Å². The van der Waals surface area contributed by atoms with E-state index >= 15 is 0 Å². The van der Waals surface area contributed by atoms with Gasteiger partial charge < -0.3 is 10.1 Å². The number of Topliss-reactive ketones (excluding diaryl/α,β-unsaturated/α-hetero) is 1. The Balaban J connectivity index is 1.89. The van der Waals surface area contributed by atoms with Crippen LogP contribution in [0, 0.1) is 5.82 Å². The molecule has 0 aliphatic rings. The highest BCUT2D eigenvalue weighted by Gasteiger charge is 2.13. The lowest BCUT2D eigenvalue weighted by molar-refractivity contribution is 0.0994. The third-order valence-electron chi connectivity index (χ3n) is 3.72. The van der Waals surface area contributed by atoms with E-state index in [1.54, 1.807) is 18.3 Å². The molecule has 3 aromatic rings. The van der Waals surface area contributed by atoms with E-state index in [1.807, 2.05) is 18.2 Å². The first kappa shape index (κ1) is 14.5. The van der Waals surface area contributed by atoms with Gasteiger partial charge in [0.2, 0.25) is 0 Å². The number of fused-ring (bicyclic) bond motifs is 1. The molecule has 0 fully saturated rings. The van der Waals surface area contributed by atoms with Crippen LogP contribution in [0.2, 0.25) is 0 Å². The number of aromatic amines is 1. The van der Waals surface area contributed by atoms with Crippen molar-refractivity contribution in [3.63, 3.8) is 0 Å². The highest BCUT2D eigenvalue weighted by Crippen LogP contribution is 2.22. The highest BCUT2D eigenvalue weighted by atomic mass is 19.1. The van der Waals surface area contributed by atoms with Crippen molar-refractivity contribution >= 4 is 16.7 Å². The Morgan fingerprint density at radius 1 is 1.09 bits per heavy atom. The van der Waals surface area contributed by atoms with E-state index in [9.17, 15) is 9.18 Å². The van der Waals surface area contributed by atoms with Gasteiger partial charge in [0, 0.05) is 35.7 Å². The van der Waals surface area contributed by atoms with Crippen molar-refractivity contribution in [3.8, 4) is 0 Å². The monoisotopic (exact) mass is 297 g/mol. The summed E-state index contributed by atoms with van der Waals surface area (Å²) in [6.07, 6.45) is 2.50. The second kappa shape index (κ2) is 6.12. The maximum Gasteiger partial charge on any atom is 0.169 e. The molecule has 112 valence electrons. The number of H-pyrrole nitrogens is 1. The molecule has 0 saturated heterocycles. The van der Waals surface area contributed by atoms with Gasteiger partial charge in [0.15, 0.2) is 5.78 Å². The van der Waals surface area contributed by atoms with Gasteiger partial charge in [-0.1, -0.05) is 18.2 Å². The Hall–Kier alpha value is -2.46. The topological polar surface area (TPSA) is 53.1 Å². The fourth-order valence-corrected chi connectivity index (χ4v) is 2.57. The third kappa shape index (κ3) is 2.92. The summed E-state index contributed by atoms with van der Waals surface area (Å²) < 4.78 is 12.9. The summed E-state index contributed by atoms with van der Waals surface area (Å²) >= 11 is 0. The van der Waals surface area contributed by atoms with Gasteiger partial charge in [-0.2, -0.15) is 0 Å². The average Bonchev–Trinajstić information content (AvgIpc) is 2.93. The highest BCUT2D eigenvalue weighted by molar-refractivity contribution is 6.08. The van der Waals surface area contributed by atoms with Gasteiger partial charge in [0.05, 0.1) is 0 Å². The van der Waals surface area contributed by atoms with Crippen molar-refractivity contribution in [1.82, 2.24) is 4.98 Å². The van der Waals surface area contributed by atoms with Gasteiger partial charge in [-0.05, 0) is 41.8 Å². The van der Waals surface area contributed by atoms with E-state index in [4.69, 9.17) is 5.11 Å². The fraction of sp³-hybridized carbons (Fsp3) is 0.167. The predicted octanol–water partition coefficient (Wildman–Crippen LogP) is 3.27.